The summed E-state index contributed by atoms with van der Waals surface area (Å²) in [6, 6.07) is 16.4. The van der Waals surface area contributed by atoms with E-state index < -0.39 is 37.5 Å². The van der Waals surface area contributed by atoms with E-state index in [1.807, 2.05) is 30.3 Å². The number of carbonyl (C=O) groups excluding carboxylic acids is 2. The van der Waals surface area contributed by atoms with Crippen LogP contribution < -0.4 is 10.0 Å². The Bertz CT molecular complexity index is 1750. The van der Waals surface area contributed by atoms with E-state index in [0.29, 0.717) is 5.00 Å². The lowest BCUT2D eigenvalue weighted by Gasteiger charge is -2.07. The highest BCUT2D eigenvalue weighted by Gasteiger charge is 2.22. The maximum Gasteiger partial charge on any atom is 0.341 e. The highest BCUT2D eigenvalue weighted by molar-refractivity contribution is 7.92. The molecule has 0 aliphatic heterocycles. The molecule has 0 spiro atoms. The van der Waals surface area contributed by atoms with Crippen LogP contribution in [0.15, 0.2) is 71.8 Å². The van der Waals surface area contributed by atoms with Gasteiger partial charge in [0.1, 0.15) is 17.3 Å². The number of thiophene rings is 1. The molecule has 4 aromatic rings. The molecule has 0 saturated carbocycles. The van der Waals surface area contributed by atoms with Crippen molar-refractivity contribution in [2.24, 2.45) is 0 Å². The quantitative estimate of drug-likeness (QED) is 0.245. The number of nitrogens with one attached hydrogen (secondary N) is 2. The van der Waals surface area contributed by atoms with Crippen molar-refractivity contribution in [3.8, 4) is 10.4 Å². The maximum absolute atomic E-state index is 12.9. The van der Waals surface area contributed by atoms with Crippen LogP contribution in [0.4, 0.5) is 10.7 Å². The number of anilines is 2. The van der Waals surface area contributed by atoms with Crippen molar-refractivity contribution in [1.29, 1.82) is 0 Å². The highest BCUT2D eigenvalue weighted by Crippen LogP contribution is 2.36. The second-order valence-corrected chi connectivity index (χ2v) is 13.3. The molecule has 12 nitrogen and oxygen atoms in total. The Hall–Kier alpha value is -4.08. The van der Waals surface area contributed by atoms with Crippen molar-refractivity contribution in [3.05, 3.63) is 78.1 Å². The lowest BCUT2D eigenvalue weighted by Crippen LogP contribution is -2.20. The summed E-state index contributed by atoms with van der Waals surface area (Å²) in [5.74, 6) is -1.60. The first-order chi connectivity index (χ1) is 18.9. The van der Waals surface area contributed by atoms with Gasteiger partial charge in [0.15, 0.2) is 9.84 Å². The standard InChI is InChI=1S/C25H25N5O7S3/c1-3-37-25(32)21-13-22(17-8-5-4-6-9-17)38-24(21)26-23(31)15-30-14-19(27-29-30)16-40(35,36)20-11-7-10-18(12-20)28-39(2,33)34/h4-14,28H,3,15-16H2,1-2H3,(H,26,31). The van der Waals surface area contributed by atoms with E-state index >= 15 is 0 Å². The van der Waals surface area contributed by atoms with Crippen LogP contribution in [-0.2, 0) is 41.7 Å². The SMILES string of the molecule is CCOC(=O)c1cc(-c2ccccc2)sc1NC(=O)Cn1cc(CS(=O)(=O)c2cccc(NS(C)(=O)=O)c2)nn1. The minimum absolute atomic E-state index is 0.0870. The van der Waals surface area contributed by atoms with E-state index in [9.17, 15) is 26.4 Å². The molecule has 2 aromatic carbocycles. The number of esters is 1. The van der Waals surface area contributed by atoms with Crippen molar-refractivity contribution >= 4 is 53.8 Å². The first-order valence-electron chi connectivity index (χ1n) is 11.8. The zero-order chi connectivity index (χ0) is 28.9. The molecule has 15 heteroatoms. The largest absolute Gasteiger partial charge is 0.462 e. The van der Waals surface area contributed by atoms with E-state index in [1.165, 1.54) is 46.5 Å². The number of amides is 1. The van der Waals surface area contributed by atoms with Crippen molar-refractivity contribution in [2.45, 2.75) is 24.1 Å². The molecule has 2 aromatic heterocycles. The first-order valence-corrected chi connectivity index (χ1v) is 16.2. The topological polar surface area (TPSA) is 166 Å². The van der Waals surface area contributed by atoms with Gasteiger partial charge in [0.2, 0.25) is 15.9 Å². The second-order valence-electron chi connectivity index (χ2n) is 8.56. The summed E-state index contributed by atoms with van der Waals surface area (Å²) < 4.78 is 57.3. The fourth-order valence-corrected chi connectivity index (χ4v) is 6.53. The molecule has 0 aliphatic carbocycles. The van der Waals surface area contributed by atoms with Crippen LogP contribution in [0.2, 0.25) is 0 Å². The van der Waals surface area contributed by atoms with Crippen LogP contribution in [0.1, 0.15) is 23.0 Å². The van der Waals surface area contributed by atoms with Gasteiger partial charge in [0.25, 0.3) is 0 Å². The molecule has 0 atom stereocenters. The fraction of sp³-hybridized carbons (Fsp3) is 0.200. The number of ether oxygens (including phenoxy) is 1. The molecular formula is C25H25N5O7S3. The third-order valence-electron chi connectivity index (χ3n) is 5.26. The minimum Gasteiger partial charge on any atom is -0.462 e. The molecule has 40 heavy (non-hydrogen) atoms. The Balaban J connectivity index is 1.46. The lowest BCUT2D eigenvalue weighted by molar-refractivity contribution is -0.116. The number of rotatable bonds is 11. The summed E-state index contributed by atoms with van der Waals surface area (Å²) in [5, 5.41) is 10.7. The fourth-order valence-electron chi connectivity index (χ4n) is 3.63. The predicted octanol–water partition coefficient (Wildman–Crippen LogP) is 3.17. The van der Waals surface area contributed by atoms with Crippen molar-refractivity contribution in [2.75, 3.05) is 22.9 Å². The van der Waals surface area contributed by atoms with Crippen molar-refractivity contribution in [1.82, 2.24) is 15.0 Å². The van der Waals surface area contributed by atoms with Crippen LogP contribution in [0.3, 0.4) is 0 Å². The third kappa shape index (κ3) is 7.52. The maximum atomic E-state index is 12.9. The minimum atomic E-state index is -3.90. The summed E-state index contributed by atoms with van der Waals surface area (Å²) in [6.45, 7) is 1.57. The number of nitrogens with zero attached hydrogens (tertiary/aromatic N) is 3. The van der Waals surface area contributed by atoms with Crippen LogP contribution in [0, 0.1) is 0 Å². The molecule has 210 valence electrons. The Morgan fingerprint density at radius 3 is 2.48 bits per heavy atom. The Morgan fingerprint density at radius 2 is 1.77 bits per heavy atom. The number of carbonyl (C=O) groups is 2. The normalized spacial score (nSPS) is 11.7. The Morgan fingerprint density at radius 1 is 1.02 bits per heavy atom. The number of sulfone groups is 1. The summed E-state index contributed by atoms with van der Waals surface area (Å²) in [7, 11) is -7.49. The number of sulfonamides is 1. The van der Waals surface area contributed by atoms with E-state index in [2.05, 4.69) is 20.4 Å². The number of aromatic nitrogens is 3. The average Bonchev–Trinajstić information content (AvgIpc) is 3.50. The zero-order valence-corrected chi connectivity index (χ0v) is 23.8. The summed E-state index contributed by atoms with van der Waals surface area (Å²) in [5.41, 5.74) is 1.29. The monoisotopic (exact) mass is 603 g/mol. The van der Waals surface area contributed by atoms with Crippen LogP contribution >= 0.6 is 11.3 Å². The predicted molar refractivity (Wildman–Crippen MR) is 150 cm³/mol. The molecule has 2 heterocycles. The zero-order valence-electron chi connectivity index (χ0n) is 21.4. The summed E-state index contributed by atoms with van der Waals surface area (Å²) in [6.07, 6.45) is 2.28. The molecule has 0 radical (unpaired) electrons. The van der Waals surface area contributed by atoms with Crippen LogP contribution in [-0.4, -0.2) is 56.6 Å². The molecule has 0 saturated heterocycles. The lowest BCUT2D eigenvalue weighted by atomic mass is 10.1. The van der Waals surface area contributed by atoms with Gasteiger partial charge in [0, 0.05) is 10.6 Å². The van der Waals surface area contributed by atoms with Gasteiger partial charge >= 0.3 is 5.97 Å². The molecule has 0 fully saturated rings. The van der Waals surface area contributed by atoms with Gasteiger partial charge in [0.05, 0.1) is 35.2 Å². The van der Waals surface area contributed by atoms with Gasteiger partial charge in [-0.1, -0.05) is 41.6 Å². The molecule has 2 N–H and O–H groups in total. The summed E-state index contributed by atoms with van der Waals surface area (Å²) >= 11 is 1.22. The number of hydrogen-bond acceptors (Lipinski definition) is 10. The smallest absolute Gasteiger partial charge is 0.341 e. The summed E-state index contributed by atoms with van der Waals surface area (Å²) in [4.78, 5) is 26.0. The highest BCUT2D eigenvalue weighted by atomic mass is 32.2. The molecule has 1 amide bonds. The van der Waals surface area contributed by atoms with Crippen molar-refractivity contribution in [3.63, 3.8) is 0 Å². The first kappa shape index (κ1) is 28.9. The van der Waals surface area contributed by atoms with E-state index in [-0.39, 0.29) is 35.0 Å². The van der Waals surface area contributed by atoms with Gasteiger partial charge in [-0.05, 0) is 36.8 Å². The van der Waals surface area contributed by atoms with E-state index in [4.69, 9.17) is 4.74 Å². The van der Waals surface area contributed by atoms with Gasteiger partial charge < -0.3 is 10.1 Å². The number of hydrogen-bond donors (Lipinski definition) is 2. The van der Waals surface area contributed by atoms with E-state index in [0.717, 1.165) is 16.7 Å². The number of benzene rings is 2. The Labute approximate surface area is 235 Å². The van der Waals surface area contributed by atoms with Gasteiger partial charge in [-0.3, -0.25) is 9.52 Å². The van der Waals surface area contributed by atoms with Crippen LogP contribution in [0.5, 0.6) is 0 Å². The molecule has 4 rings (SSSR count). The molecule has 0 bridgehead atoms. The van der Waals surface area contributed by atoms with Crippen molar-refractivity contribution < 1.29 is 31.2 Å². The molecule has 0 unspecified atom stereocenters. The Kier molecular flexibility index (Phi) is 8.66. The third-order valence-corrected chi connectivity index (χ3v) is 8.62. The van der Waals surface area contributed by atoms with Crippen LogP contribution in [0.25, 0.3) is 10.4 Å². The van der Waals surface area contributed by atoms with Gasteiger partial charge in [-0.2, -0.15) is 0 Å². The van der Waals surface area contributed by atoms with Gasteiger partial charge in [-0.25, -0.2) is 26.3 Å². The van der Waals surface area contributed by atoms with E-state index in [1.54, 1.807) is 13.0 Å². The second kappa shape index (κ2) is 12.0. The van der Waals surface area contributed by atoms with Gasteiger partial charge in [-0.15, -0.1) is 16.4 Å². The molecule has 0 aliphatic rings. The molecular weight excluding hydrogens is 579 g/mol. The average molecular weight is 604 g/mol.